The van der Waals surface area contributed by atoms with Crippen molar-refractivity contribution in [3.63, 3.8) is 0 Å². The number of nitrogens with zero attached hydrogens (tertiary/aromatic N) is 3. The molecule has 0 saturated carbocycles. The molecule has 0 unspecified atom stereocenters. The Bertz CT molecular complexity index is 530. The number of nitrogens with one attached hydrogen (secondary N) is 2. The van der Waals surface area contributed by atoms with Crippen LogP contribution in [0.4, 0.5) is 5.82 Å². The number of aromatic amines is 1. The zero-order chi connectivity index (χ0) is 16.1. The van der Waals surface area contributed by atoms with Crippen LogP contribution in [0.3, 0.4) is 0 Å². The van der Waals surface area contributed by atoms with E-state index in [0.717, 1.165) is 31.5 Å². The lowest BCUT2D eigenvalue weighted by Gasteiger charge is -2.29. The van der Waals surface area contributed by atoms with Gasteiger partial charge in [-0.15, -0.1) is 0 Å². The number of rotatable bonds is 3. The first-order chi connectivity index (χ1) is 10.5. The van der Waals surface area contributed by atoms with E-state index < -0.39 is 0 Å². The first-order valence-corrected chi connectivity index (χ1v) is 7.70. The molecule has 1 fully saturated rings. The summed E-state index contributed by atoms with van der Waals surface area (Å²) in [6.45, 7) is 7.56. The number of amides is 1. The average molecular weight is 307 g/mol. The number of ether oxygens (including phenoxy) is 1. The Hall–Kier alpha value is -1.89. The minimum Gasteiger partial charge on any atom is -0.461 e. The third-order valence-electron chi connectivity index (χ3n) is 3.71. The largest absolute Gasteiger partial charge is 0.461 e. The van der Waals surface area contributed by atoms with Crippen molar-refractivity contribution in [2.75, 3.05) is 20.1 Å². The van der Waals surface area contributed by atoms with Gasteiger partial charge in [0, 0.05) is 25.6 Å². The monoisotopic (exact) mass is 307 g/mol. The topological polar surface area (TPSA) is 82.6 Å². The maximum Gasteiger partial charge on any atom is 0.298 e. The van der Waals surface area contributed by atoms with Gasteiger partial charge in [-0.3, -0.25) is 15.2 Å². The van der Waals surface area contributed by atoms with E-state index in [2.05, 4.69) is 46.3 Å². The Morgan fingerprint density at radius 2 is 2.18 bits per heavy atom. The molecule has 1 saturated heterocycles. The summed E-state index contributed by atoms with van der Waals surface area (Å²) in [5.74, 6) is 0.725. The van der Waals surface area contributed by atoms with Gasteiger partial charge in [0.1, 0.15) is 6.10 Å². The Morgan fingerprint density at radius 1 is 1.50 bits per heavy atom. The van der Waals surface area contributed by atoms with Gasteiger partial charge in [-0.25, -0.2) is 0 Å². The summed E-state index contributed by atoms with van der Waals surface area (Å²) in [4.78, 5) is 18.1. The molecule has 0 radical (unpaired) electrons. The fourth-order valence-corrected chi connectivity index (χ4v) is 2.40. The highest BCUT2D eigenvalue weighted by atomic mass is 16.5. The van der Waals surface area contributed by atoms with E-state index in [0.29, 0.717) is 11.7 Å². The number of hydrogen-bond donors (Lipinski definition) is 2. The van der Waals surface area contributed by atoms with E-state index in [1.165, 1.54) is 6.92 Å². The molecule has 22 heavy (non-hydrogen) atoms. The van der Waals surface area contributed by atoms with Crippen molar-refractivity contribution in [3.8, 4) is 0 Å². The molecule has 0 aliphatic carbocycles. The number of carbonyl (C=O) groups excluding carboxylic acids is 1. The zero-order valence-corrected chi connectivity index (χ0v) is 13.7. The molecule has 122 valence electrons. The van der Waals surface area contributed by atoms with Gasteiger partial charge in [0.15, 0.2) is 5.82 Å². The molecular weight excluding hydrogens is 282 g/mol. The van der Waals surface area contributed by atoms with Crippen LogP contribution in [0.25, 0.3) is 0 Å². The maximum atomic E-state index is 11.4. The molecule has 0 spiro atoms. The summed E-state index contributed by atoms with van der Waals surface area (Å²) in [7, 11) is 2.10. The van der Waals surface area contributed by atoms with Crippen LogP contribution < -0.4 is 5.32 Å². The minimum atomic E-state index is -0.197. The average Bonchev–Trinajstić information content (AvgIpc) is 2.89. The molecule has 1 amide bonds. The van der Waals surface area contributed by atoms with Gasteiger partial charge in [0.2, 0.25) is 5.91 Å². The third-order valence-corrected chi connectivity index (χ3v) is 3.71. The van der Waals surface area contributed by atoms with Crippen LogP contribution >= 0.6 is 0 Å². The Balaban J connectivity index is 2.13. The normalized spacial score (nSPS) is 17.8. The van der Waals surface area contributed by atoms with Crippen molar-refractivity contribution in [2.45, 2.75) is 45.6 Å². The van der Waals surface area contributed by atoms with Crippen LogP contribution in [0.1, 0.15) is 45.1 Å². The number of amidine groups is 1. The molecular formula is C15H25N5O2. The van der Waals surface area contributed by atoms with Crippen LogP contribution in [0.5, 0.6) is 0 Å². The van der Waals surface area contributed by atoms with Crippen molar-refractivity contribution in [3.05, 3.63) is 11.8 Å². The van der Waals surface area contributed by atoms with E-state index in [-0.39, 0.29) is 18.0 Å². The van der Waals surface area contributed by atoms with Crippen molar-refractivity contribution < 1.29 is 9.53 Å². The number of carbonyl (C=O) groups is 1. The van der Waals surface area contributed by atoms with Gasteiger partial charge in [0.05, 0.1) is 6.20 Å². The number of H-pyrrole nitrogens is 1. The predicted molar refractivity (Wildman–Crippen MR) is 85.2 cm³/mol. The number of hydrogen-bond acceptors (Lipinski definition) is 5. The van der Waals surface area contributed by atoms with Gasteiger partial charge in [0.25, 0.3) is 6.02 Å². The van der Waals surface area contributed by atoms with Crippen molar-refractivity contribution in [2.24, 2.45) is 4.99 Å². The molecule has 0 atom stereocenters. The van der Waals surface area contributed by atoms with Gasteiger partial charge < -0.3 is 9.64 Å². The smallest absolute Gasteiger partial charge is 0.298 e. The molecule has 1 aromatic rings. The number of piperidine rings is 1. The number of likely N-dealkylation sites (tertiary alicyclic amines) is 1. The lowest BCUT2D eigenvalue weighted by Crippen LogP contribution is -2.39. The molecule has 2 N–H and O–H groups in total. The Kier molecular flexibility index (Phi) is 5.54. The second-order valence-electron chi connectivity index (χ2n) is 6.05. The second kappa shape index (κ2) is 7.40. The van der Waals surface area contributed by atoms with E-state index >= 15 is 0 Å². The first-order valence-electron chi connectivity index (χ1n) is 7.70. The molecule has 1 aromatic heterocycles. The summed E-state index contributed by atoms with van der Waals surface area (Å²) in [5, 5.41) is 9.55. The summed E-state index contributed by atoms with van der Waals surface area (Å²) < 4.78 is 5.90. The fourth-order valence-electron chi connectivity index (χ4n) is 2.40. The van der Waals surface area contributed by atoms with Crippen LogP contribution in [0.15, 0.2) is 11.2 Å². The van der Waals surface area contributed by atoms with E-state index in [4.69, 9.17) is 4.74 Å². The first kappa shape index (κ1) is 16.5. The highest BCUT2D eigenvalue weighted by Gasteiger charge is 2.20. The van der Waals surface area contributed by atoms with Crippen molar-refractivity contribution >= 4 is 17.7 Å². The molecule has 1 aliphatic rings. The van der Waals surface area contributed by atoms with Crippen LogP contribution in [-0.4, -0.2) is 53.3 Å². The summed E-state index contributed by atoms with van der Waals surface area (Å²) in [5.41, 5.74) is 0.995. The molecule has 7 nitrogen and oxygen atoms in total. The van der Waals surface area contributed by atoms with E-state index in [1.54, 1.807) is 6.20 Å². The quantitative estimate of drug-likeness (QED) is 0.658. The van der Waals surface area contributed by atoms with Crippen LogP contribution in [0, 0.1) is 0 Å². The highest BCUT2D eigenvalue weighted by Crippen LogP contribution is 2.24. The predicted octanol–water partition coefficient (Wildman–Crippen LogP) is 1.77. The van der Waals surface area contributed by atoms with Crippen LogP contribution in [-0.2, 0) is 9.53 Å². The summed E-state index contributed by atoms with van der Waals surface area (Å²) in [6, 6.07) is 0.244. The van der Waals surface area contributed by atoms with Gasteiger partial charge >= 0.3 is 0 Å². The number of aromatic nitrogens is 2. The molecule has 7 heteroatoms. The van der Waals surface area contributed by atoms with Gasteiger partial charge in [-0.05, 0) is 25.8 Å². The lowest BCUT2D eigenvalue weighted by molar-refractivity contribution is -0.118. The molecule has 0 aromatic carbocycles. The third kappa shape index (κ3) is 4.56. The molecule has 2 rings (SSSR count). The fraction of sp³-hybridized carbons (Fsp3) is 0.667. The second-order valence-corrected chi connectivity index (χ2v) is 6.05. The highest BCUT2D eigenvalue weighted by molar-refractivity contribution is 5.94. The van der Waals surface area contributed by atoms with Gasteiger partial charge in [-0.2, -0.15) is 10.1 Å². The molecule has 1 aliphatic heterocycles. The Morgan fingerprint density at radius 3 is 2.77 bits per heavy atom. The van der Waals surface area contributed by atoms with Gasteiger partial charge in [-0.1, -0.05) is 13.8 Å². The zero-order valence-electron chi connectivity index (χ0n) is 13.7. The van der Waals surface area contributed by atoms with Crippen molar-refractivity contribution in [1.82, 2.24) is 20.4 Å². The molecule has 0 bridgehead atoms. The summed E-state index contributed by atoms with van der Waals surface area (Å²) >= 11 is 0. The van der Waals surface area contributed by atoms with Crippen LogP contribution in [0.2, 0.25) is 0 Å². The molecule has 2 heterocycles. The maximum absolute atomic E-state index is 11.4. The van der Waals surface area contributed by atoms with E-state index in [1.807, 2.05) is 0 Å². The standard InChI is InChI=1S/C15H25N5O2/c1-10(2)13-9-16-19-14(13)18-15(17-11(3)21)22-12-5-7-20(4)8-6-12/h9-10,12H,5-8H2,1-4H3,(H2,16,17,18,19,21). The van der Waals surface area contributed by atoms with Crippen molar-refractivity contribution in [1.29, 1.82) is 0 Å². The lowest BCUT2D eigenvalue weighted by atomic mass is 10.1. The Labute approximate surface area is 131 Å². The SMILES string of the molecule is CC(=O)NC(=Nc1[nH]ncc1C(C)C)OC1CCN(C)CC1. The minimum absolute atomic E-state index is 0.0761. The summed E-state index contributed by atoms with van der Waals surface area (Å²) in [6.07, 6.45) is 3.68. The van der Waals surface area contributed by atoms with E-state index in [9.17, 15) is 4.79 Å². The number of aliphatic imine (C=N–C) groups is 1.